The Bertz CT molecular complexity index is 661. The number of para-hydroxylation sites is 1. The molecule has 0 saturated heterocycles. The number of nitro benzene ring substituents is 1. The van der Waals surface area contributed by atoms with Crippen LogP contribution in [0.4, 0.5) is 18.9 Å². The van der Waals surface area contributed by atoms with Crippen molar-refractivity contribution in [1.82, 2.24) is 4.98 Å². The van der Waals surface area contributed by atoms with Crippen molar-refractivity contribution in [2.75, 3.05) is 0 Å². The molecule has 0 aliphatic rings. The van der Waals surface area contributed by atoms with Crippen molar-refractivity contribution in [2.45, 2.75) is 11.8 Å². The summed E-state index contributed by atoms with van der Waals surface area (Å²) in [6, 6.07) is 7.76. The van der Waals surface area contributed by atoms with E-state index in [1.54, 1.807) is 0 Å². The summed E-state index contributed by atoms with van der Waals surface area (Å²) in [5.41, 5.74) is -5.99. The summed E-state index contributed by atoms with van der Waals surface area (Å²) >= 11 is 0. The van der Waals surface area contributed by atoms with E-state index in [1.165, 1.54) is 24.3 Å². The van der Waals surface area contributed by atoms with Crippen LogP contribution in [0.3, 0.4) is 0 Å². The molecule has 2 aromatic rings. The fraction of sp³-hybridized carbons (Fsp3) is 0.154. The van der Waals surface area contributed by atoms with E-state index in [1.807, 2.05) is 0 Å². The van der Waals surface area contributed by atoms with Gasteiger partial charge in [0, 0.05) is 12.3 Å². The maximum Gasteiger partial charge on any atom is 0.427 e. The molecule has 0 radical (unpaired) electrons. The van der Waals surface area contributed by atoms with E-state index >= 15 is 0 Å². The molecule has 0 saturated carbocycles. The lowest BCUT2D eigenvalue weighted by Gasteiger charge is -2.29. The summed E-state index contributed by atoms with van der Waals surface area (Å²) in [7, 11) is 0. The van der Waals surface area contributed by atoms with Gasteiger partial charge >= 0.3 is 6.18 Å². The summed E-state index contributed by atoms with van der Waals surface area (Å²) < 4.78 is 40.2. The van der Waals surface area contributed by atoms with Gasteiger partial charge in [-0.15, -0.1) is 0 Å². The third-order valence-corrected chi connectivity index (χ3v) is 2.94. The highest BCUT2D eigenvalue weighted by Crippen LogP contribution is 2.46. The number of nitro groups is 1. The molecule has 1 N–H and O–H groups in total. The van der Waals surface area contributed by atoms with Gasteiger partial charge in [-0.2, -0.15) is 13.2 Å². The zero-order chi connectivity index (χ0) is 15.7. The lowest BCUT2D eigenvalue weighted by atomic mass is 9.88. The largest absolute Gasteiger partial charge is 0.427 e. The van der Waals surface area contributed by atoms with Crippen molar-refractivity contribution >= 4 is 5.69 Å². The molecular formula is C13H9F3N2O3. The summed E-state index contributed by atoms with van der Waals surface area (Å²) in [6.07, 6.45) is -4.10. The van der Waals surface area contributed by atoms with Gasteiger partial charge < -0.3 is 5.11 Å². The van der Waals surface area contributed by atoms with E-state index in [4.69, 9.17) is 0 Å². The lowest BCUT2D eigenvalue weighted by Crippen LogP contribution is -2.44. The highest BCUT2D eigenvalue weighted by atomic mass is 19.4. The summed E-state index contributed by atoms with van der Waals surface area (Å²) in [5, 5.41) is 21.2. The first-order valence-corrected chi connectivity index (χ1v) is 5.73. The van der Waals surface area contributed by atoms with Crippen molar-refractivity contribution < 1.29 is 23.2 Å². The highest BCUT2D eigenvalue weighted by molar-refractivity contribution is 5.48. The lowest BCUT2D eigenvalue weighted by molar-refractivity contribution is -0.388. The number of nitrogens with zero attached hydrogens (tertiary/aromatic N) is 2. The molecule has 21 heavy (non-hydrogen) atoms. The predicted molar refractivity (Wildman–Crippen MR) is 66.4 cm³/mol. The molecule has 5 nitrogen and oxygen atoms in total. The van der Waals surface area contributed by atoms with Gasteiger partial charge in [0.05, 0.1) is 16.2 Å². The van der Waals surface area contributed by atoms with Gasteiger partial charge in [-0.3, -0.25) is 15.1 Å². The van der Waals surface area contributed by atoms with Crippen LogP contribution in [0.2, 0.25) is 0 Å². The molecule has 0 aliphatic carbocycles. The van der Waals surface area contributed by atoms with Crippen LogP contribution in [0.1, 0.15) is 11.3 Å². The number of aliphatic hydroxyl groups is 1. The Morgan fingerprint density at radius 3 is 2.24 bits per heavy atom. The Balaban J connectivity index is 2.78. The molecule has 0 spiro atoms. The average molecular weight is 298 g/mol. The average Bonchev–Trinajstić information content (AvgIpc) is 2.46. The second-order valence-corrected chi connectivity index (χ2v) is 4.20. The number of benzene rings is 1. The molecular weight excluding hydrogens is 289 g/mol. The first-order chi connectivity index (χ1) is 9.78. The first-order valence-electron chi connectivity index (χ1n) is 5.73. The minimum absolute atomic E-state index is 0.730. The van der Waals surface area contributed by atoms with Crippen LogP contribution in [0, 0.1) is 10.1 Å². The summed E-state index contributed by atoms with van der Waals surface area (Å²) in [6.45, 7) is 0. The third-order valence-electron chi connectivity index (χ3n) is 2.94. The van der Waals surface area contributed by atoms with Crippen molar-refractivity contribution in [3.05, 3.63) is 70.0 Å². The number of aromatic nitrogens is 1. The predicted octanol–water partition coefficient (Wildman–Crippen LogP) is 2.79. The zero-order valence-corrected chi connectivity index (χ0v) is 10.4. The van der Waals surface area contributed by atoms with Crippen LogP contribution in [-0.2, 0) is 5.60 Å². The maximum atomic E-state index is 13.4. The van der Waals surface area contributed by atoms with E-state index in [-0.39, 0.29) is 0 Å². The van der Waals surface area contributed by atoms with Crippen LogP contribution in [0.25, 0.3) is 0 Å². The van der Waals surface area contributed by atoms with Gasteiger partial charge in [0.1, 0.15) is 0 Å². The number of hydrogen-bond acceptors (Lipinski definition) is 4. The molecule has 1 aromatic carbocycles. The van der Waals surface area contributed by atoms with E-state index < -0.39 is 33.6 Å². The number of rotatable bonds is 3. The third kappa shape index (κ3) is 2.45. The smallest absolute Gasteiger partial charge is 0.371 e. The Kier molecular flexibility index (Phi) is 3.65. The normalized spacial score (nSPS) is 14.5. The fourth-order valence-corrected chi connectivity index (χ4v) is 1.95. The van der Waals surface area contributed by atoms with Crippen molar-refractivity contribution in [2.24, 2.45) is 0 Å². The summed E-state index contributed by atoms with van der Waals surface area (Å²) in [4.78, 5) is 13.5. The summed E-state index contributed by atoms with van der Waals surface area (Å²) in [5.74, 6) is 0. The maximum absolute atomic E-state index is 13.4. The van der Waals surface area contributed by atoms with E-state index in [0.29, 0.717) is 0 Å². The molecule has 8 heteroatoms. The van der Waals surface area contributed by atoms with Crippen molar-refractivity contribution in [1.29, 1.82) is 0 Å². The zero-order valence-electron chi connectivity index (χ0n) is 10.4. The molecule has 0 amide bonds. The van der Waals surface area contributed by atoms with Gasteiger partial charge in [-0.1, -0.05) is 18.2 Å². The monoisotopic (exact) mass is 298 g/mol. The quantitative estimate of drug-likeness (QED) is 0.698. The number of alkyl halides is 3. The second-order valence-electron chi connectivity index (χ2n) is 4.20. The van der Waals surface area contributed by atoms with Crippen molar-refractivity contribution in [3.8, 4) is 0 Å². The highest BCUT2D eigenvalue weighted by Gasteiger charge is 2.59. The van der Waals surface area contributed by atoms with Crippen LogP contribution in [-0.4, -0.2) is 21.2 Å². The molecule has 0 fully saturated rings. The van der Waals surface area contributed by atoms with Gasteiger partial charge in [-0.25, -0.2) is 0 Å². The molecule has 1 aromatic heterocycles. The van der Waals surface area contributed by atoms with Gasteiger partial charge in [0.2, 0.25) is 5.60 Å². The SMILES string of the molecule is O=[N+]([O-])c1ccccc1C(O)(c1ccccn1)C(F)(F)F. The van der Waals surface area contributed by atoms with Crippen LogP contribution >= 0.6 is 0 Å². The molecule has 1 heterocycles. The Morgan fingerprint density at radius 1 is 1.10 bits per heavy atom. The molecule has 2 rings (SSSR count). The van der Waals surface area contributed by atoms with Crippen LogP contribution in [0.15, 0.2) is 48.7 Å². The molecule has 0 bridgehead atoms. The van der Waals surface area contributed by atoms with Gasteiger partial charge in [0.15, 0.2) is 0 Å². The Hall–Kier alpha value is -2.48. The van der Waals surface area contributed by atoms with E-state index in [2.05, 4.69) is 4.98 Å². The minimum Gasteiger partial charge on any atom is -0.371 e. The first kappa shape index (κ1) is 14.9. The molecule has 1 atom stereocenters. The van der Waals surface area contributed by atoms with Crippen molar-refractivity contribution in [3.63, 3.8) is 0 Å². The van der Waals surface area contributed by atoms with Crippen LogP contribution in [0.5, 0.6) is 0 Å². The fourth-order valence-electron chi connectivity index (χ4n) is 1.95. The van der Waals surface area contributed by atoms with Gasteiger partial charge in [0.25, 0.3) is 5.69 Å². The van der Waals surface area contributed by atoms with Gasteiger partial charge in [-0.05, 0) is 18.2 Å². The molecule has 0 aliphatic heterocycles. The standard InChI is InChI=1S/C13H9F3N2O3/c14-13(15,16)12(19,11-7-3-4-8-17-11)9-5-1-2-6-10(9)18(20)21/h1-8,19H. The van der Waals surface area contributed by atoms with E-state index in [9.17, 15) is 28.4 Å². The Morgan fingerprint density at radius 2 is 1.71 bits per heavy atom. The second kappa shape index (κ2) is 5.13. The number of halogens is 3. The molecule has 1 unspecified atom stereocenters. The van der Waals surface area contributed by atoms with E-state index in [0.717, 1.165) is 24.4 Å². The van der Waals surface area contributed by atoms with Crippen LogP contribution < -0.4 is 0 Å². The number of pyridine rings is 1. The minimum atomic E-state index is -5.17. The number of hydrogen-bond donors (Lipinski definition) is 1. The Labute approximate surface area is 116 Å². The molecule has 110 valence electrons. The topological polar surface area (TPSA) is 76.3 Å².